The molecule has 0 bridgehead atoms. The van der Waals surface area contributed by atoms with Crippen molar-refractivity contribution in [1.82, 2.24) is 0 Å². The van der Waals surface area contributed by atoms with Gasteiger partial charge in [-0.05, 0) is 0 Å². The van der Waals surface area contributed by atoms with Gasteiger partial charge < -0.3 is 0 Å². The molecule has 1 nitrogen and oxygen atoms in total. The van der Waals surface area contributed by atoms with Crippen LogP contribution in [0, 0.1) is 0 Å². The fraction of sp³-hybridized carbons (Fsp3) is 0.400. The second-order valence-corrected chi connectivity index (χ2v) is 1.13. The van der Waals surface area contributed by atoms with E-state index < -0.39 is 0 Å². The highest BCUT2D eigenvalue weighted by Crippen LogP contribution is 1.85. The number of hydrogen-bond donors (Lipinski definition) is 0. The Morgan fingerprint density at radius 3 is 3.00 bits per heavy atom. The summed E-state index contributed by atoms with van der Waals surface area (Å²) in [5.41, 5.74) is 0. The SMILES string of the molecule is [2H]C1C=CCN=C1. The van der Waals surface area contributed by atoms with Gasteiger partial charge in [0.15, 0.2) is 0 Å². The van der Waals surface area contributed by atoms with Crippen molar-refractivity contribution in [3.8, 4) is 0 Å². The molecule has 6 heavy (non-hydrogen) atoms. The molecule has 0 saturated carbocycles. The van der Waals surface area contributed by atoms with E-state index in [1.54, 1.807) is 6.21 Å². The molecule has 1 atom stereocenters. The molecule has 1 aliphatic heterocycles. The number of aliphatic imine (C=N–C) groups is 1. The maximum atomic E-state index is 7.04. The van der Waals surface area contributed by atoms with E-state index in [9.17, 15) is 0 Å². The first-order valence-electron chi connectivity index (χ1n) is 2.56. The predicted molar refractivity (Wildman–Crippen MR) is 27.1 cm³/mol. The third-order valence-corrected chi connectivity index (χ3v) is 0.649. The normalized spacial score (nSPS) is 33.3. The second-order valence-electron chi connectivity index (χ2n) is 1.13. The Morgan fingerprint density at radius 2 is 2.67 bits per heavy atom. The monoisotopic (exact) mass is 82.1 g/mol. The highest BCUT2D eigenvalue weighted by molar-refractivity contribution is 5.60. The molecule has 1 rings (SSSR count). The first-order valence-corrected chi connectivity index (χ1v) is 1.98. The zero-order valence-corrected chi connectivity index (χ0v) is 3.46. The van der Waals surface area contributed by atoms with Crippen LogP contribution < -0.4 is 0 Å². The molecule has 1 aliphatic rings. The second kappa shape index (κ2) is 1.75. The fourth-order valence-electron chi connectivity index (χ4n) is 0.372. The smallest absolute Gasteiger partial charge is 0.0566 e. The van der Waals surface area contributed by atoms with Gasteiger partial charge in [-0.3, -0.25) is 4.99 Å². The molecular formula is C5H7N. The molecule has 0 N–H and O–H groups in total. The average molecular weight is 82.1 g/mol. The van der Waals surface area contributed by atoms with E-state index in [1.165, 1.54) is 0 Å². The lowest BCUT2D eigenvalue weighted by molar-refractivity contribution is 1.19. The van der Waals surface area contributed by atoms with Crippen molar-refractivity contribution in [2.75, 3.05) is 6.54 Å². The van der Waals surface area contributed by atoms with Crippen LogP contribution in [-0.2, 0) is 0 Å². The van der Waals surface area contributed by atoms with Crippen LogP contribution in [0.5, 0.6) is 0 Å². The maximum Gasteiger partial charge on any atom is 0.0566 e. The third kappa shape index (κ3) is 0.677. The molecule has 0 aliphatic carbocycles. The summed E-state index contributed by atoms with van der Waals surface area (Å²) in [6.45, 7) is 0.759. The van der Waals surface area contributed by atoms with Gasteiger partial charge in [-0.15, -0.1) is 0 Å². The molecule has 0 aromatic rings. The highest BCUT2D eigenvalue weighted by atomic mass is 14.7. The summed E-state index contributed by atoms with van der Waals surface area (Å²) in [5, 5.41) is 0. The lowest BCUT2D eigenvalue weighted by Crippen LogP contribution is -1.80. The number of dihydropyridines is 1. The Balaban J connectivity index is 2.49. The molecule has 0 spiro atoms. The molecule has 0 amide bonds. The molecule has 0 aromatic heterocycles. The van der Waals surface area contributed by atoms with E-state index in [2.05, 4.69) is 4.99 Å². The van der Waals surface area contributed by atoms with Gasteiger partial charge in [0.1, 0.15) is 0 Å². The summed E-state index contributed by atoms with van der Waals surface area (Å²) >= 11 is 0. The summed E-state index contributed by atoms with van der Waals surface area (Å²) in [6, 6.07) is 0. The Kier molecular flexibility index (Phi) is 0.748. The van der Waals surface area contributed by atoms with Gasteiger partial charge in [0.25, 0.3) is 0 Å². The van der Waals surface area contributed by atoms with Gasteiger partial charge >= 0.3 is 0 Å². The van der Waals surface area contributed by atoms with Crippen molar-refractivity contribution in [3.63, 3.8) is 0 Å². The summed E-state index contributed by atoms with van der Waals surface area (Å²) in [6.07, 6.45) is 5.18. The average Bonchev–Trinajstić information content (AvgIpc) is 1.69. The zero-order chi connectivity index (χ0) is 5.11. The number of rotatable bonds is 0. The minimum absolute atomic E-state index is 0.186. The van der Waals surface area contributed by atoms with Crippen LogP contribution in [0.3, 0.4) is 0 Å². The Hall–Kier alpha value is -0.590. The lowest BCUT2D eigenvalue weighted by Gasteiger charge is -1.87. The number of hydrogen-bond acceptors (Lipinski definition) is 1. The first kappa shape index (κ1) is 2.56. The third-order valence-electron chi connectivity index (χ3n) is 0.649. The van der Waals surface area contributed by atoms with Crippen LogP contribution in [-0.4, -0.2) is 12.8 Å². The molecule has 0 aromatic carbocycles. The van der Waals surface area contributed by atoms with Gasteiger partial charge in [0, 0.05) is 14.0 Å². The zero-order valence-electron chi connectivity index (χ0n) is 4.46. The quantitative estimate of drug-likeness (QED) is 0.387. The molecule has 0 fully saturated rings. The largest absolute Gasteiger partial charge is 0.293 e. The van der Waals surface area contributed by atoms with E-state index >= 15 is 0 Å². The topological polar surface area (TPSA) is 12.4 Å². The van der Waals surface area contributed by atoms with Gasteiger partial charge in [0.05, 0.1) is 6.54 Å². The van der Waals surface area contributed by atoms with Crippen LogP contribution in [0.4, 0.5) is 0 Å². The van der Waals surface area contributed by atoms with Gasteiger partial charge in [-0.1, -0.05) is 12.2 Å². The van der Waals surface area contributed by atoms with E-state index in [-0.39, 0.29) is 6.40 Å². The van der Waals surface area contributed by atoms with Gasteiger partial charge in [0.2, 0.25) is 0 Å². The minimum Gasteiger partial charge on any atom is -0.293 e. The van der Waals surface area contributed by atoms with Crippen molar-refractivity contribution < 1.29 is 1.37 Å². The molecule has 0 saturated heterocycles. The number of nitrogens with zero attached hydrogens (tertiary/aromatic N) is 1. The molecule has 1 heterocycles. The minimum atomic E-state index is -0.186. The molecular weight excluding hydrogens is 74.1 g/mol. The molecule has 32 valence electrons. The molecule has 1 heteroatoms. The van der Waals surface area contributed by atoms with Gasteiger partial charge in [-0.2, -0.15) is 0 Å². The first-order chi connectivity index (χ1) is 3.39. The van der Waals surface area contributed by atoms with E-state index in [0.717, 1.165) is 6.54 Å². The Bertz CT molecular complexity index is 94.6. The van der Waals surface area contributed by atoms with Crippen molar-refractivity contribution in [1.29, 1.82) is 0 Å². The Labute approximate surface area is 38.8 Å². The summed E-state index contributed by atoms with van der Waals surface area (Å²) in [7, 11) is 0. The van der Waals surface area contributed by atoms with Crippen LogP contribution in [0.25, 0.3) is 0 Å². The van der Waals surface area contributed by atoms with Crippen molar-refractivity contribution in [2.24, 2.45) is 4.99 Å². The van der Waals surface area contributed by atoms with Crippen LogP contribution in [0.1, 0.15) is 7.77 Å². The fourth-order valence-corrected chi connectivity index (χ4v) is 0.372. The van der Waals surface area contributed by atoms with Crippen LogP contribution in [0.15, 0.2) is 17.1 Å². The summed E-state index contributed by atoms with van der Waals surface area (Å²) < 4.78 is 7.04. The van der Waals surface area contributed by atoms with Crippen LogP contribution in [0.2, 0.25) is 0 Å². The highest BCUT2D eigenvalue weighted by Gasteiger charge is 1.76. The van der Waals surface area contributed by atoms with Crippen molar-refractivity contribution in [2.45, 2.75) is 6.40 Å². The van der Waals surface area contributed by atoms with E-state index in [0.29, 0.717) is 0 Å². The molecule has 0 radical (unpaired) electrons. The van der Waals surface area contributed by atoms with E-state index in [4.69, 9.17) is 1.37 Å². The summed E-state index contributed by atoms with van der Waals surface area (Å²) in [5.74, 6) is 0. The van der Waals surface area contributed by atoms with Crippen molar-refractivity contribution in [3.05, 3.63) is 12.2 Å². The van der Waals surface area contributed by atoms with E-state index in [1.807, 2.05) is 12.2 Å². The molecule has 1 unspecified atom stereocenters. The number of allylic oxidation sites excluding steroid dienone is 1. The van der Waals surface area contributed by atoms with Gasteiger partial charge in [-0.25, -0.2) is 0 Å². The standard InChI is InChI=1S/C5H7N/c1-2-4-6-5-3-1/h1-2,5H,3-4H2/i3D. The van der Waals surface area contributed by atoms with Crippen molar-refractivity contribution >= 4 is 6.21 Å². The Morgan fingerprint density at radius 1 is 1.67 bits per heavy atom. The predicted octanol–water partition coefficient (Wildman–Crippen LogP) is 1.02. The lowest BCUT2D eigenvalue weighted by atomic mass is 10.3. The maximum absolute atomic E-state index is 7.04. The summed E-state index contributed by atoms with van der Waals surface area (Å²) in [4.78, 5) is 3.86. The van der Waals surface area contributed by atoms with Crippen LogP contribution >= 0.6 is 0 Å².